The van der Waals surface area contributed by atoms with Crippen LogP contribution in [0.25, 0.3) is 16.9 Å². The first-order chi connectivity index (χ1) is 13.3. The molecule has 0 spiro atoms. The van der Waals surface area contributed by atoms with Crippen molar-refractivity contribution < 1.29 is 18.5 Å². The average molecular weight is 397 g/mol. The van der Waals surface area contributed by atoms with Crippen LogP contribution in [0.5, 0.6) is 0 Å². The molecule has 0 radical (unpaired) electrons. The van der Waals surface area contributed by atoms with Gasteiger partial charge >= 0.3 is 7.12 Å². The van der Waals surface area contributed by atoms with E-state index in [0.717, 1.165) is 3.97 Å². The van der Waals surface area contributed by atoms with Gasteiger partial charge < -0.3 is 10.0 Å². The van der Waals surface area contributed by atoms with E-state index in [-0.39, 0.29) is 16.0 Å². The van der Waals surface area contributed by atoms with Crippen molar-refractivity contribution in [2.75, 3.05) is 0 Å². The zero-order valence-corrected chi connectivity index (χ0v) is 15.9. The highest BCUT2D eigenvalue weighted by Crippen LogP contribution is 2.22. The maximum Gasteiger partial charge on any atom is 0.490 e. The maximum atomic E-state index is 13.1. The fraction of sp³-hybridized carbons (Fsp3) is 0.118. The van der Waals surface area contributed by atoms with Crippen LogP contribution in [0, 0.1) is 13.8 Å². The van der Waals surface area contributed by atoms with E-state index in [2.05, 4.69) is 15.2 Å². The van der Waals surface area contributed by atoms with Gasteiger partial charge in [0.2, 0.25) is 0 Å². The minimum absolute atomic E-state index is 0.0470. The summed E-state index contributed by atoms with van der Waals surface area (Å²) in [6.45, 7) is 3.52. The number of benzene rings is 1. The van der Waals surface area contributed by atoms with E-state index in [1.165, 1.54) is 18.3 Å². The van der Waals surface area contributed by atoms with Gasteiger partial charge in [-0.05, 0) is 38.1 Å². The van der Waals surface area contributed by atoms with Gasteiger partial charge in [-0.15, -0.1) is 10.2 Å². The van der Waals surface area contributed by atoms with Crippen molar-refractivity contribution >= 4 is 33.6 Å². The number of rotatable bonds is 4. The molecule has 0 unspecified atom stereocenters. The Morgan fingerprint density at radius 3 is 2.21 bits per heavy atom. The maximum absolute atomic E-state index is 13.1. The lowest BCUT2D eigenvalue weighted by atomic mass is 9.80. The summed E-state index contributed by atoms with van der Waals surface area (Å²) in [7, 11) is -5.84. The van der Waals surface area contributed by atoms with E-state index in [1.54, 1.807) is 48.7 Å². The van der Waals surface area contributed by atoms with E-state index < -0.39 is 17.1 Å². The highest BCUT2D eigenvalue weighted by molar-refractivity contribution is 7.90. The summed E-state index contributed by atoms with van der Waals surface area (Å²) >= 11 is 0. The van der Waals surface area contributed by atoms with Crippen LogP contribution in [0.15, 0.2) is 53.6 Å². The van der Waals surface area contributed by atoms with Crippen LogP contribution in [0.4, 0.5) is 0 Å². The molecule has 3 heterocycles. The molecule has 4 aromatic rings. The number of hydrogen-bond donors (Lipinski definition) is 2. The molecule has 9 nitrogen and oxygen atoms in total. The van der Waals surface area contributed by atoms with Gasteiger partial charge in [-0.25, -0.2) is 17.4 Å². The fourth-order valence-corrected chi connectivity index (χ4v) is 4.46. The van der Waals surface area contributed by atoms with Crippen LogP contribution in [0.1, 0.15) is 11.6 Å². The van der Waals surface area contributed by atoms with Crippen molar-refractivity contribution in [3.05, 3.63) is 60.3 Å². The molecule has 142 valence electrons. The Labute approximate surface area is 161 Å². The predicted molar refractivity (Wildman–Crippen MR) is 103 cm³/mol. The van der Waals surface area contributed by atoms with Gasteiger partial charge in [0, 0.05) is 17.0 Å². The number of nitrogens with zero attached hydrogens (tertiary/aromatic N) is 5. The number of hydrogen-bond acceptors (Lipinski definition) is 7. The molecule has 0 amide bonds. The third-order valence-electron chi connectivity index (χ3n) is 4.43. The van der Waals surface area contributed by atoms with Crippen molar-refractivity contribution in [1.82, 2.24) is 23.7 Å². The molecule has 1 aromatic carbocycles. The second-order valence-corrected chi connectivity index (χ2v) is 8.06. The molecule has 0 saturated heterocycles. The molecule has 3 aromatic heterocycles. The zero-order valence-electron chi connectivity index (χ0n) is 15.1. The molecule has 0 aliphatic rings. The van der Waals surface area contributed by atoms with E-state index in [1.807, 2.05) is 0 Å². The minimum Gasteiger partial charge on any atom is -0.423 e. The predicted octanol–water partition coefficient (Wildman–Crippen LogP) is 0.151. The summed E-state index contributed by atoms with van der Waals surface area (Å²) < 4.78 is 28.9. The second-order valence-electron chi connectivity index (χ2n) is 6.24. The summed E-state index contributed by atoms with van der Waals surface area (Å²) in [4.78, 5) is 4.54. The lowest BCUT2D eigenvalue weighted by Gasteiger charge is -2.09. The van der Waals surface area contributed by atoms with E-state index in [0.29, 0.717) is 22.9 Å². The van der Waals surface area contributed by atoms with Gasteiger partial charge in [0.05, 0.1) is 4.90 Å². The molecule has 2 N–H and O–H groups in total. The third kappa shape index (κ3) is 2.80. The Balaban J connectivity index is 2.02. The molecule has 0 atom stereocenters. The van der Waals surface area contributed by atoms with Gasteiger partial charge in [-0.2, -0.15) is 0 Å². The van der Waals surface area contributed by atoms with Gasteiger partial charge in [-0.1, -0.05) is 18.2 Å². The van der Waals surface area contributed by atoms with Crippen LogP contribution >= 0.6 is 0 Å². The van der Waals surface area contributed by atoms with Crippen LogP contribution in [-0.4, -0.2) is 49.3 Å². The van der Waals surface area contributed by atoms with E-state index in [9.17, 15) is 18.5 Å². The Bertz CT molecular complexity index is 1260. The Morgan fingerprint density at radius 1 is 0.964 bits per heavy atom. The first-order valence-corrected chi connectivity index (χ1v) is 9.82. The molecule has 0 bridgehead atoms. The standard InChI is InChI=1S/C17H16BN5O4S/c1-11-20-21-12(2)23(11)16-9-8-14-15(18(24)25)10-22(17(14)19-16)28(26,27)13-6-4-3-5-7-13/h3-10,24-25H,1-2H3. The Kier molecular flexibility index (Phi) is 4.29. The summed E-state index contributed by atoms with van der Waals surface area (Å²) in [6, 6.07) is 11.1. The molecular weight excluding hydrogens is 381 g/mol. The summed E-state index contributed by atoms with van der Waals surface area (Å²) in [5, 5.41) is 27.7. The highest BCUT2D eigenvalue weighted by atomic mass is 32.2. The highest BCUT2D eigenvalue weighted by Gasteiger charge is 2.27. The molecule has 0 saturated carbocycles. The molecule has 28 heavy (non-hydrogen) atoms. The van der Waals surface area contributed by atoms with Gasteiger partial charge in [-0.3, -0.25) is 4.57 Å². The van der Waals surface area contributed by atoms with Crippen LogP contribution in [-0.2, 0) is 10.0 Å². The van der Waals surface area contributed by atoms with Gasteiger partial charge in [0.25, 0.3) is 10.0 Å². The SMILES string of the molecule is Cc1nnc(C)n1-c1ccc2c(B(O)O)cn(S(=O)(=O)c3ccccc3)c2n1. The number of fused-ring (bicyclic) bond motifs is 1. The number of aryl methyl sites for hydroxylation is 2. The van der Waals surface area contributed by atoms with Crippen molar-refractivity contribution in [3.63, 3.8) is 0 Å². The van der Waals surface area contributed by atoms with E-state index in [4.69, 9.17) is 0 Å². The van der Waals surface area contributed by atoms with Crippen molar-refractivity contribution in [1.29, 1.82) is 0 Å². The van der Waals surface area contributed by atoms with Crippen LogP contribution in [0.2, 0.25) is 0 Å². The molecule has 11 heteroatoms. The molecule has 0 fully saturated rings. The number of aromatic nitrogens is 5. The smallest absolute Gasteiger partial charge is 0.423 e. The first-order valence-electron chi connectivity index (χ1n) is 8.38. The topological polar surface area (TPSA) is 123 Å². The average Bonchev–Trinajstić information content (AvgIpc) is 3.22. The molecule has 4 rings (SSSR count). The molecule has 0 aliphatic heterocycles. The monoisotopic (exact) mass is 397 g/mol. The fourth-order valence-electron chi connectivity index (χ4n) is 3.11. The van der Waals surface area contributed by atoms with Crippen molar-refractivity contribution in [2.24, 2.45) is 0 Å². The normalized spacial score (nSPS) is 11.9. The van der Waals surface area contributed by atoms with Crippen LogP contribution in [0.3, 0.4) is 0 Å². The largest absolute Gasteiger partial charge is 0.490 e. The summed E-state index contributed by atoms with van der Waals surface area (Å²) in [5.74, 6) is 1.61. The second kappa shape index (κ2) is 6.55. The zero-order chi connectivity index (χ0) is 20.1. The number of pyridine rings is 1. The lowest BCUT2D eigenvalue weighted by Crippen LogP contribution is -2.29. The van der Waals surface area contributed by atoms with Gasteiger partial charge in [0.15, 0.2) is 5.65 Å². The quantitative estimate of drug-likeness (QED) is 0.470. The first kappa shape index (κ1) is 18.4. The van der Waals surface area contributed by atoms with Crippen molar-refractivity contribution in [3.8, 4) is 5.82 Å². The lowest BCUT2D eigenvalue weighted by molar-refractivity contribution is 0.426. The van der Waals surface area contributed by atoms with Crippen LogP contribution < -0.4 is 5.46 Å². The summed E-state index contributed by atoms with van der Waals surface area (Å²) in [5.41, 5.74) is 0.128. The van der Waals surface area contributed by atoms with Crippen molar-refractivity contribution in [2.45, 2.75) is 18.7 Å². The minimum atomic E-state index is -3.99. The Hall–Kier alpha value is -3.02. The van der Waals surface area contributed by atoms with Gasteiger partial charge in [0.1, 0.15) is 17.5 Å². The van der Waals surface area contributed by atoms with E-state index >= 15 is 0 Å². The molecule has 0 aliphatic carbocycles. The third-order valence-corrected chi connectivity index (χ3v) is 6.09. The Morgan fingerprint density at radius 2 is 1.61 bits per heavy atom. The molecular formula is C17H16BN5O4S. The summed E-state index contributed by atoms with van der Waals surface area (Å²) in [6.07, 6.45) is 1.18.